The van der Waals surface area contributed by atoms with Gasteiger partial charge in [-0.15, -0.1) is 11.8 Å². The quantitative estimate of drug-likeness (QED) is 0.646. The molecule has 0 atom stereocenters. The molecule has 1 aliphatic rings. The van der Waals surface area contributed by atoms with Crippen LogP contribution in [0.25, 0.3) is 0 Å². The van der Waals surface area contributed by atoms with Crippen molar-refractivity contribution in [2.45, 2.75) is 43.1 Å². The number of carbonyl (C=O) groups is 1. The zero-order chi connectivity index (χ0) is 15.3. The first-order valence-electron chi connectivity index (χ1n) is 7.34. The van der Waals surface area contributed by atoms with Crippen LogP contribution >= 0.6 is 11.8 Å². The number of esters is 1. The topological polar surface area (TPSA) is 66.8 Å². The minimum absolute atomic E-state index is 0.0830. The van der Waals surface area contributed by atoms with Crippen molar-refractivity contribution >= 4 is 17.7 Å². The van der Waals surface area contributed by atoms with Crippen LogP contribution in [0.3, 0.4) is 0 Å². The molecule has 0 aliphatic heterocycles. The molecule has 0 radical (unpaired) electrons. The number of phenolic OH excluding ortho intramolecular Hbond substituents is 1. The molecule has 1 aliphatic carbocycles. The Balaban J connectivity index is 1.85. The Morgan fingerprint density at radius 2 is 2.05 bits per heavy atom. The van der Waals surface area contributed by atoms with E-state index < -0.39 is 5.60 Å². The number of para-hydroxylation sites is 1. The van der Waals surface area contributed by atoms with Crippen LogP contribution < -0.4 is 0 Å². The fourth-order valence-corrected chi connectivity index (χ4v) is 3.69. The van der Waals surface area contributed by atoms with E-state index in [0.717, 1.165) is 4.90 Å². The molecule has 4 nitrogen and oxygen atoms in total. The maximum absolute atomic E-state index is 11.7. The van der Waals surface area contributed by atoms with Gasteiger partial charge in [0.05, 0.1) is 18.1 Å². The summed E-state index contributed by atoms with van der Waals surface area (Å²) in [6, 6.07) is 7.13. The van der Waals surface area contributed by atoms with Crippen molar-refractivity contribution in [3.05, 3.63) is 24.3 Å². The number of aliphatic hydroxyl groups is 1. The first-order valence-corrected chi connectivity index (χ1v) is 8.32. The van der Waals surface area contributed by atoms with Crippen molar-refractivity contribution in [3.8, 4) is 5.75 Å². The van der Waals surface area contributed by atoms with Gasteiger partial charge in [-0.3, -0.25) is 4.79 Å². The lowest BCUT2D eigenvalue weighted by atomic mass is 9.80. The smallest absolute Gasteiger partial charge is 0.308 e. The molecule has 0 saturated heterocycles. The summed E-state index contributed by atoms with van der Waals surface area (Å²) in [5.74, 6) is 0.541. The number of benzene rings is 1. The minimum Gasteiger partial charge on any atom is -0.507 e. The van der Waals surface area contributed by atoms with E-state index in [1.807, 2.05) is 12.1 Å². The summed E-state index contributed by atoms with van der Waals surface area (Å²) in [5, 5.41) is 20.3. The standard InChI is InChI=1S/C16H22O4S/c1-2-20-15(18)12-7-9-16(19,10-8-12)11-21-14-6-4-3-5-13(14)17/h3-6,12,17,19H,2,7-11H2,1H3. The summed E-state index contributed by atoms with van der Waals surface area (Å²) in [5.41, 5.74) is -0.768. The summed E-state index contributed by atoms with van der Waals surface area (Å²) in [4.78, 5) is 12.5. The van der Waals surface area contributed by atoms with Crippen molar-refractivity contribution in [2.24, 2.45) is 5.92 Å². The van der Waals surface area contributed by atoms with E-state index in [2.05, 4.69) is 0 Å². The molecule has 0 aromatic heterocycles. The molecular weight excluding hydrogens is 288 g/mol. The Morgan fingerprint density at radius 3 is 2.67 bits per heavy atom. The molecule has 2 N–H and O–H groups in total. The molecule has 2 rings (SSSR count). The fourth-order valence-electron chi connectivity index (χ4n) is 2.59. The molecule has 1 fully saturated rings. The van der Waals surface area contributed by atoms with Gasteiger partial charge in [0.1, 0.15) is 5.75 Å². The van der Waals surface area contributed by atoms with Crippen molar-refractivity contribution < 1.29 is 19.7 Å². The van der Waals surface area contributed by atoms with Gasteiger partial charge in [-0.1, -0.05) is 12.1 Å². The Bertz CT molecular complexity index is 481. The first kappa shape index (κ1) is 16.2. The minimum atomic E-state index is -0.768. The van der Waals surface area contributed by atoms with Gasteiger partial charge in [-0.2, -0.15) is 0 Å². The Kier molecular flexibility index (Phi) is 5.53. The second kappa shape index (κ2) is 7.18. The molecule has 0 amide bonds. The van der Waals surface area contributed by atoms with Crippen molar-refractivity contribution in [2.75, 3.05) is 12.4 Å². The molecule has 1 aromatic rings. The molecule has 0 heterocycles. The molecule has 0 unspecified atom stereocenters. The van der Waals surface area contributed by atoms with Crippen LogP contribution in [-0.4, -0.2) is 34.1 Å². The zero-order valence-corrected chi connectivity index (χ0v) is 13.1. The van der Waals surface area contributed by atoms with Crippen molar-refractivity contribution in [1.82, 2.24) is 0 Å². The molecular formula is C16H22O4S. The Morgan fingerprint density at radius 1 is 1.38 bits per heavy atom. The third-order valence-electron chi connectivity index (χ3n) is 3.90. The highest BCUT2D eigenvalue weighted by molar-refractivity contribution is 7.99. The van der Waals surface area contributed by atoms with E-state index in [-0.39, 0.29) is 17.6 Å². The number of ether oxygens (including phenoxy) is 1. The summed E-state index contributed by atoms with van der Waals surface area (Å²) < 4.78 is 5.04. The summed E-state index contributed by atoms with van der Waals surface area (Å²) in [7, 11) is 0. The molecule has 0 spiro atoms. The Labute approximate surface area is 129 Å². The van der Waals surface area contributed by atoms with Crippen LogP contribution in [0.1, 0.15) is 32.6 Å². The lowest BCUT2D eigenvalue weighted by molar-refractivity contribution is -0.150. The van der Waals surface area contributed by atoms with E-state index in [4.69, 9.17) is 4.74 Å². The van der Waals surface area contributed by atoms with Gasteiger partial charge in [0.25, 0.3) is 0 Å². The van der Waals surface area contributed by atoms with Gasteiger partial charge in [0, 0.05) is 10.6 Å². The lowest BCUT2D eigenvalue weighted by Crippen LogP contribution is -2.38. The third-order valence-corrected chi connectivity index (χ3v) is 5.24. The fraction of sp³-hybridized carbons (Fsp3) is 0.562. The van der Waals surface area contributed by atoms with Crippen LogP contribution in [0.5, 0.6) is 5.75 Å². The van der Waals surface area contributed by atoms with Crippen LogP contribution in [0.4, 0.5) is 0 Å². The highest BCUT2D eigenvalue weighted by Crippen LogP contribution is 2.38. The van der Waals surface area contributed by atoms with E-state index >= 15 is 0 Å². The van der Waals surface area contributed by atoms with Gasteiger partial charge in [-0.05, 0) is 44.7 Å². The van der Waals surface area contributed by atoms with Crippen LogP contribution in [0, 0.1) is 5.92 Å². The van der Waals surface area contributed by atoms with E-state index in [9.17, 15) is 15.0 Å². The second-order valence-electron chi connectivity index (χ2n) is 5.51. The third kappa shape index (κ3) is 4.38. The average molecular weight is 310 g/mol. The average Bonchev–Trinajstić information content (AvgIpc) is 2.47. The predicted molar refractivity (Wildman–Crippen MR) is 82.4 cm³/mol. The number of aromatic hydroxyl groups is 1. The number of hydrogen-bond acceptors (Lipinski definition) is 5. The number of thioether (sulfide) groups is 1. The van der Waals surface area contributed by atoms with Crippen molar-refractivity contribution in [3.63, 3.8) is 0 Å². The largest absolute Gasteiger partial charge is 0.507 e. The van der Waals surface area contributed by atoms with Gasteiger partial charge in [0.15, 0.2) is 0 Å². The van der Waals surface area contributed by atoms with E-state index in [0.29, 0.717) is 38.0 Å². The monoisotopic (exact) mass is 310 g/mol. The molecule has 5 heteroatoms. The Hall–Kier alpha value is -1.20. The van der Waals surface area contributed by atoms with E-state index in [1.54, 1.807) is 19.1 Å². The summed E-state index contributed by atoms with van der Waals surface area (Å²) in [6.45, 7) is 2.21. The van der Waals surface area contributed by atoms with Crippen LogP contribution in [0.2, 0.25) is 0 Å². The van der Waals surface area contributed by atoms with Gasteiger partial charge >= 0.3 is 5.97 Å². The maximum atomic E-state index is 11.7. The van der Waals surface area contributed by atoms with Crippen molar-refractivity contribution in [1.29, 1.82) is 0 Å². The number of phenols is 1. The van der Waals surface area contributed by atoms with Crippen LogP contribution in [0.15, 0.2) is 29.2 Å². The zero-order valence-electron chi connectivity index (χ0n) is 12.2. The number of carbonyl (C=O) groups excluding carboxylic acids is 1. The number of rotatable bonds is 5. The lowest BCUT2D eigenvalue weighted by Gasteiger charge is -2.34. The molecule has 0 bridgehead atoms. The van der Waals surface area contributed by atoms with Gasteiger partial charge < -0.3 is 14.9 Å². The first-order chi connectivity index (χ1) is 10.0. The SMILES string of the molecule is CCOC(=O)C1CCC(O)(CSc2ccccc2O)CC1. The highest BCUT2D eigenvalue weighted by atomic mass is 32.2. The molecule has 1 aromatic carbocycles. The maximum Gasteiger partial charge on any atom is 0.308 e. The molecule has 21 heavy (non-hydrogen) atoms. The normalized spacial score (nSPS) is 25.5. The highest BCUT2D eigenvalue weighted by Gasteiger charge is 2.36. The summed E-state index contributed by atoms with van der Waals surface area (Å²) >= 11 is 1.46. The predicted octanol–water partition coefficient (Wildman–Crippen LogP) is 2.97. The second-order valence-corrected chi connectivity index (χ2v) is 6.52. The van der Waals surface area contributed by atoms with Gasteiger partial charge in [-0.25, -0.2) is 0 Å². The summed E-state index contributed by atoms with van der Waals surface area (Å²) in [6.07, 6.45) is 2.52. The van der Waals surface area contributed by atoms with E-state index in [1.165, 1.54) is 11.8 Å². The van der Waals surface area contributed by atoms with Gasteiger partial charge in [0.2, 0.25) is 0 Å². The van der Waals surface area contributed by atoms with Crippen LogP contribution in [-0.2, 0) is 9.53 Å². The molecule has 1 saturated carbocycles. The molecule has 116 valence electrons. The number of hydrogen-bond donors (Lipinski definition) is 2.